The smallest absolute Gasteiger partial charge is 0.400 e. The molecular formula is C27H37F3N2OS. The summed E-state index contributed by atoms with van der Waals surface area (Å²) < 4.78 is 40.1. The fourth-order valence-electron chi connectivity index (χ4n) is 2.49. The van der Waals surface area contributed by atoms with Crippen LogP contribution in [0, 0.1) is 0 Å². The standard InChI is InChI=1S/C18H19F3N2O.C6H8S.C2H6.CH4/c1-11(15-8-6-5-7-9-15)10-16(18(19,20)21)13(3)23-17(12(2)22)14(4)24;1-2-6-4-3-5-7-6;1-2;/h5-10H,1,22H2,2-4H3;3-5H,2H2,1H3;1-2H3;1H4/b16-10+,17-12+,23-13-;;;. The van der Waals surface area contributed by atoms with Crippen molar-refractivity contribution in [1.82, 2.24) is 0 Å². The minimum Gasteiger partial charge on any atom is -0.400 e. The van der Waals surface area contributed by atoms with Crippen molar-refractivity contribution in [2.45, 2.75) is 61.6 Å². The van der Waals surface area contributed by atoms with Gasteiger partial charge in [-0.25, -0.2) is 4.99 Å². The topological polar surface area (TPSA) is 55.5 Å². The molecule has 34 heavy (non-hydrogen) atoms. The normalized spacial score (nSPS) is 12.1. The first kappa shape index (κ1) is 33.2. The van der Waals surface area contributed by atoms with Gasteiger partial charge in [0.15, 0.2) is 5.78 Å². The molecule has 0 fully saturated rings. The maximum Gasteiger partial charge on any atom is 0.418 e. The van der Waals surface area contributed by atoms with Crippen LogP contribution in [-0.4, -0.2) is 17.7 Å². The summed E-state index contributed by atoms with van der Waals surface area (Å²) in [6, 6.07) is 12.7. The summed E-state index contributed by atoms with van der Waals surface area (Å²) >= 11 is 1.82. The molecular weight excluding hydrogens is 457 g/mol. The number of allylic oxidation sites excluding steroid dienone is 5. The SMILES string of the molecule is C.C=C(\C=C(/C(C)=N\C(C(C)=O)=C(/C)N)C(F)(F)F)c1ccccc1.CC.CCc1cccs1. The quantitative estimate of drug-likeness (QED) is 0.249. The molecule has 2 N–H and O–H groups in total. The van der Waals surface area contributed by atoms with Crippen LogP contribution < -0.4 is 5.73 Å². The molecule has 0 saturated heterocycles. The van der Waals surface area contributed by atoms with Gasteiger partial charge in [0.25, 0.3) is 0 Å². The molecule has 0 atom stereocenters. The second kappa shape index (κ2) is 16.6. The Morgan fingerprint density at radius 1 is 1.09 bits per heavy atom. The van der Waals surface area contributed by atoms with Crippen molar-refractivity contribution in [2.75, 3.05) is 0 Å². The highest BCUT2D eigenvalue weighted by molar-refractivity contribution is 7.09. The Morgan fingerprint density at radius 3 is 2.00 bits per heavy atom. The summed E-state index contributed by atoms with van der Waals surface area (Å²) in [5, 5.41) is 2.11. The Kier molecular flexibility index (Phi) is 16.3. The van der Waals surface area contributed by atoms with Crippen LogP contribution in [0.3, 0.4) is 0 Å². The van der Waals surface area contributed by atoms with Gasteiger partial charge in [0.05, 0.1) is 11.3 Å². The summed E-state index contributed by atoms with van der Waals surface area (Å²) in [7, 11) is 0. The lowest BCUT2D eigenvalue weighted by atomic mass is 10.0. The molecule has 2 aromatic rings. The average molecular weight is 495 g/mol. The molecule has 0 aliphatic heterocycles. The Morgan fingerprint density at radius 2 is 1.65 bits per heavy atom. The average Bonchev–Trinajstić information content (AvgIpc) is 3.30. The van der Waals surface area contributed by atoms with Gasteiger partial charge in [0.1, 0.15) is 5.70 Å². The number of Topliss-reactive ketones (excluding diaryl/α,β-unsaturated/α-hetero) is 1. The number of carbonyl (C=O) groups excluding carboxylic acids is 1. The minimum atomic E-state index is -4.64. The third-order valence-corrected chi connectivity index (χ3v) is 5.09. The Bertz CT molecular complexity index is 967. The van der Waals surface area contributed by atoms with Crippen molar-refractivity contribution < 1.29 is 18.0 Å². The van der Waals surface area contributed by atoms with Crippen LogP contribution in [0.2, 0.25) is 0 Å². The molecule has 0 amide bonds. The van der Waals surface area contributed by atoms with Gasteiger partial charge in [-0.1, -0.05) is 71.2 Å². The Balaban J connectivity index is 0. The molecule has 0 aliphatic rings. The molecule has 0 bridgehead atoms. The van der Waals surface area contributed by atoms with E-state index >= 15 is 0 Å². The lowest BCUT2D eigenvalue weighted by Crippen LogP contribution is -2.19. The maximum atomic E-state index is 13.4. The molecule has 188 valence electrons. The molecule has 1 aromatic heterocycles. The molecule has 1 heterocycles. The van der Waals surface area contributed by atoms with Gasteiger partial charge in [-0.2, -0.15) is 13.2 Å². The summed E-state index contributed by atoms with van der Waals surface area (Å²) in [4.78, 5) is 16.7. The van der Waals surface area contributed by atoms with Crippen LogP contribution in [0.5, 0.6) is 0 Å². The van der Waals surface area contributed by atoms with Crippen LogP contribution in [0.1, 0.15) is 59.4 Å². The van der Waals surface area contributed by atoms with Crippen molar-refractivity contribution in [3.05, 3.63) is 87.9 Å². The summed E-state index contributed by atoms with van der Waals surface area (Å²) in [5.74, 6) is -0.502. The summed E-state index contributed by atoms with van der Waals surface area (Å²) in [5.41, 5.74) is 4.82. The van der Waals surface area contributed by atoms with Crippen LogP contribution in [0.4, 0.5) is 13.2 Å². The fourth-order valence-corrected chi connectivity index (χ4v) is 3.14. The number of ketones is 1. The van der Waals surface area contributed by atoms with Crippen molar-refractivity contribution in [1.29, 1.82) is 0 Å². The monoisotopic (exact) mass is 494 g/mol. The zero-order chi connectivity index (χ0) is 25.6. The highest BCUT2D eigenvalue weighted by atomic mass is 32.1. The van der Waals surface area contributed by atoms with E-state index in [1.807, 2.05) is 25.2 Å². The van der Waals surface area contributed by atoms with Crippen LogP contribution in [0.15, 0.2) is 82.5 Å². The van der Waals surface area contributed by atoms with E-state index in [-0.39, 0.29) is 30.1 Å². The number of alkyl halides is 3. The van der Waals surface area contributed by atoms with Gasteiger partial charge >= 0.3 is 6.18 Å². The summed E-state index contributed by atoms with van der Waals surface area (Å²) in [6.07, 6.45) is -2.55. The van der Waals surface area contributed by atoms with Crippen LogP contribution >= 0.6 is 11.3 Å². The number of thiophene rings is 1. The number of aryl methyl sites for hydroxylation is 1. The van der Waals surface area contributed by atoms with E-state index in [0.717, 1.165) is 6.08 Å². The number of benzene rings is 1. The lowest BCUT2D eigenvalue weighted by Gasteiger charge is -2.13. The largest absolute Gasteiger partial charge is 0.418 e. The molecule has 0 saturated carbocycles. The minimum absolute atomic E-state index is 0. The molecule has 0 radical (unpaired) electrons. The molecule has 0 spiro atoms. The zero-order valence-electron chi connectivity index (χ0n) is 20.1. The lowest BCUT2D eigenvalue weighted by molar-refractivity contribution is -0.113. The van der Waals surface area contributed by atoms with E-state index in [2.05, 4.69) is 36.0 Å². The molecule has 0 unspecified atom stereocenters. The molecule has 0 aliphatic carbocycles. The number of rotatable bonds is 6. The number of carbonyl (C=O) groups is 1. The van der Waals surface area contributed by atoms with Gasteiger partial charge in [0.2, 0.25) is 0 Å². The molecule has 2 rings (SSSR count). The van der Waals surface area contributed by atoms with Crippen molar-refractivity contribution in [3.63, 3.8) is 0 Å². The Labute approximate surface area is 206 Å². The predicted octanol–water partition coefficient (Wildman–Crippen LogP) is 8.40. The first-order chi connectivity index (χ1) is 15.5. The maximum absolute atomic E-state index is 13.4. The third kappa shape index (κ3) is 11.8. The second-order valence-corrected chi connectivity index (χ2v) is 7.70. The third-order valence-electron chi connectivity index (χ3n) is 4.07. The van der Waals surface area contributed by atoms with Gasteiger partial charge in [-0.3, -0.25) is 4.79 Å². The molecule has 7 heteroatoms. The van der Waals surface area contributed by atoms with E-state index in [0.29, 0.717) is 5.56 Å². The number of hydrogen-bond acceptors (Lipinski definition) is 4. The Hall–Kier alpha value is -2.93. The van der Waals surface area contributed by atoms with Crippen molar-refractivity contribution in [3.8, 4) is 0 Å². The van der Waals surface area contributed by atoms with Crippen LogP contribution in [0.25, 0.3) is 5.57 Å². The first-order valence-electron chi connectivity index (χ1n) is 10.6. The number of halogens is 3. The number of nitrogens with two attached hydrogens (primary N) is 1. The van der Waals surface area contributed by atoms with Crippen molar-refractivity contribution in [2.24, 2.45) is 10.7 Å². The van der Waals surface area contributed by atoms with E-state index < -0.39 is 17.5 Å². The highest BCUT2D eigenvalue weighted by Gasteiger charge is 2.35. The zero-order valence-corrected chi connectivity index (χ0v) is 20.9. The molecule has 1 aromatic carbocycles. The highest BCUT2D eigenvalue weighted by Crippen LogP contribution is 2.30. The van der Waals surface area contributed by atoms with Gasteiger partial charge < -0.3 is 5.73 Å². The van der Waals surface area contributed by atoms with Gasteiger partial charge in [-0.05, 0) is 48.9 Å². The predicted molar refractivity (Wildman–Crippen MR) is 142 cm³/mol. The second-order valence-electron chi connectivity index (χ2n) is 6.66. The fraction of sp³-hybridized carbons (Fsp3) is 0.333. The molecule has 3 nitrogen and oxygen atoms in total. The van der Waals surface area contributed by atoms with E-state index in [4.69, 9.17) is 5.73 Å². The van der Waals surface area contributed by atoms with Crippen LogP contribution in [-0.2, 0) is 11.2 Å². The van der Waals surface area contributed by atoms with E-state index in [1.54, 1.807) is 30.3 Å². The van der Waals surface area contributed by atoms with Gasteiger partial charge in [-0.15, -0.1) is 11.3 Å². The number of nitrogens with zero attached hydrogens (tertiary/aromatic N) is 1. The van der Waals surface area contributed by atoms with E-state index in [1.165, 1.54) is 32.1 Å². The van der Waals surface area contributed by atoms with Gasteiger partial charge in [0, 0.05) is 17.5 Å². The van der Waals surface area contributed by atoms with Crippen molar-refractivity contribution >= 4 is 28.4 Å². The number of hydrogen-bond donors (Lipinski definition) is 1. The van der Waals surface area contributed by atoms with E-state index in [9.17, 15) is 18.0 Å². The number of aliphatic imine (C=N–C) groups is 1. The summed E-state index contributed by atoms with van der Waals surface area (Å²) in [6.45, 7) is 13.6. The first-order valence-corrected chi connectivity index (χ1v) is 11.4.